The van der Waals surface area contributed by atoms with Crippen LogP contribution in [-0.2, 0) is 32.9 Å². The summed E-state index contributed by atoms with van der Waals surface area (Å²) in [6.45, 7) is 3.38. The number of allylic oxidation sites excluding steroid dienone is 3. The standard InChI is InChI=1S/C45H81O11P/c1-3-5-7-8-9-10-11-12-13-14-15-16-17-18-19-20-21-22-27-31-44(49)54-36-39(37-55-57(51,52)53)56-45(50)32-28-24-23-26-30-40-41(43(48)35-42(40)47)34-33-38(46)29-25-6-4-2/h23,26,33-34,38-42,46-47H,3-22,24-25,27-32,35-37H2,1-2H3,(H2,51,52,53)/b26-23-,34-33+/t38-,39+,40+,41+,42-/m0/s1. The first-order valence-electron chi connectivity index (χ1n) is 22.7. The number of ether oxygens (including phenoxy) is 2. The van der Waals surface area contributed by atoms with Gasteiger partial charge in [0, 0.05) is 31.1 Å². The summed E-state index contributed by atoms with van der Waals surface area (Å²) < 4.78 is 26.4. The quantitative estimate of drug-likeness (QED) is 0.0202. The Balaban J connectivity index is 2.22. The van der Waals surface area contributed by atoms with Crippen molar-refractivity contribution in [1.82, 2.24) is 0 Å². The summed E-state index contributed by atoms with van der Waals surface area (Å²) in [6.07, 6.45) is 34.1. The van der Waals surface area contributed by atoms with E-state index in [0.29, 0.717) is 32.1 Å². The highest BCUT2D eigenvalue weighted by Crippen LogP contribution is 2.36. The number of carbonyl (C=O) groups is 3. The molecule has 1 aliphatic carbocycles. The number of hydrogen-bond acceptors (Lipinski definition) is 9. The zero-order chi connectivity index (χ0) is 42.0. The average Bonchev–Trinajstić information content (AvgIpc) is 3.44. The molecule has 1 aliphatic rings. The van der Waals surface area contributed by atoms with E-state index in [4.69, 9.17) is 19.3 Å². The van der Waals surface area contributed by atoms with Crippen LogP contribution in [0.25, 0.3) is 0 Å². The Morgan fingerprint density at radius 1 is 0.719 bits per heavy atom. The molecule has 0 aromatic carbocycles. The minimum Gasteiger partial charge on any atom is -0.462 e. The zero-order valence-electron chi connectivity index (χ0n) is 35.7. The molecule has 0 unspecified atom stereocenters. The van der Waals surface area contributed by atoms with Crippen molar-refractivity contribution in [3.63, 3.8) is 0 Å². The van der Waals surface area contributed by atoms with Gasteiger partial charge < -0.3 is 29.5 Å². The van der Waals surface area contributed by atoms with Crippen molar-refractivity contribution < 1.29 is 52.9 Å². The molecule has 12 heteroatoms. The fourth-order valence-electron chi connectivity index (χ4n) is 7.36. The third kappa shape index (κ3) is 30.8. The number of carbonyl (C=O) groups excluding carboxylic acids is 3. The van der Waals surface area contributed by atoms with Gasteiger partial charge in [-0.05, 0) is 32.1 Å². The van der Waals surface area contributed by atoms with Gasteiger partial charge in [0.2, 0.25) is 0 Å². The Hall–Kier alpha value is -1.88. The first-order valence-corrected chi connectivity index (χ1v) is 24.3. The van der Waals surface area contributed by atoms with Crippen molar-refractivity contribution in [1.29, 1.82) is 0 Å². The second kappa shape index (κ2) is 34.9. The fourth-order valence-corrected chi connectivity index (χ4v) is 7.72. The van der Waals surface area contributed by atoms with Gasteiger partial charge in [0.1, 0.15) is 12.4 Å². The van der Waals surface area contributed by atoms with Gasteiger partial charge in [-0.25, -0.2) is 4.57 Å². The number of esters is 2. The number of Topliss-reactive ketones (excluding diaryl/α,β-unsaturated/α-hetero) is 1. The molecule has 0 aliphatic heterocycles. The van der Waals surface area contributed by atoms with Gasteiger partial charge in [0.25, 0.3) is 0 Å². The van der Waals surface area contributed by atoms with Gasteiger partial charge in [-0.2, -0.15) is 0 Å². The third-order valence-corrected chi connectivity index (χ3v) is 11.3. The molecular weight excluding hydrogens is 747 g/mol. The van der Waals surface area contributed by atoms with Crippen molar-refractivity contribution in [2.45, 2.75) is 218 Å². The van der Waals surface area contributed by atoms with E-state index >= 15 is 0 Å². The van der Waals surface area contributed by atoms with Crippen LogP contribution in [0, 0.1) is 11.8 Å². The predicted octanol–water partition coefficient (Wildman–Crippen LogP) is 10.6. The number of hydrogen-bond donors (Lipinski definition) is 4. The molecule has 0 heterocycles. The van der Waals surface area contributed by atoms with E-state index in [1.165, 1.54) is 96.3 Å². The van der Waals surface area contributed by atoms with E-state index in [9.17, 15) is 29.2 Å². The van der Waals surface area contributed by atoms with Gasteiger partial charge in [-0.3, -0.25) is 18.9 Å². The van der Waals surface area contributed by atoms with E-state index in [2.05, 4.69) is 18.4 Å². The second-order valence-corrected chi connectivity index (χ2v) is 17.4. The Morgan fingerprint density at radius 2 is 1.23 bits per heavy atom. The molecule has 11 nitrogen and oxygen atoms in total. The minimum atomic E-state index is -4.83. The first kappa shape index (κ1) is 53.1. The zero-order valence-corrected chi connectivity index (χ0v) is 36.6. The number of unbranched alkanes of at least 4 members (excludes halogenated alkanes) is 21. The molecule has 0 radical (unpaired) electrons. The topological polar surface area (TPSA) is 177 Å². The summed E-state index contributed by atoms with van der Waals surface area (Å²) in [7, 11) is -4.83. The number of rotatable bonds is 38. The summed E-state index contributed by atoms with van der Waals surface area (Å²) in [5.41, 5.74) is 0. The molecule has 0 amide bonds. The maximum absolute atomic E-state index is 12.5. The highest BCUT2D eigenvalue weighted by molar-refractivity contribution is 7.46. The number of aliphatic hydroxyl groups is 2. The second-order valence-electron chi connectivity index (χ2n) is 16.2. The Bertz CT molecular complexity index is 1140. The Morgan fingerprint density at radius 3 is 1.77 bits per heavy atom. The highest BCUT2D eigenvalue weighted by Gasteiger charge is 2.39. The van der Waals surface area contributed by atoms with Crippen molar-refractivity contribution in [3.05, 3.63) is 24.3 Å². The van der Waals surface area contributed by atoms with Gasteiger partial charge in [0.15, 0.2) is 6.10 Å². The number of phosphoric acid groups is 1. The van der Waals surface area contributed by atoms with Crippen LogP contribution in [0.5, 0.6) is 0 Å². The van der Waals surface area contributed by atoms with Crippen LogP contribution in [0.3, 0.4) is 0 Å². The average molecular weight is 829 g/mol. The normalized spacial score (nSPS) is 18.5. The molecule has 0 aromatic heterocycles. The summed E-state index contributed by atoms with van der Waals surface area (Å²) in [5.74, 6) is -1.84. The van der Waals surface area contributed by atoms with Crippen molar-refractivity contribution in [2.24, 2.45) is 11.8 Å². The number of aliphatic hydroxyl groups excluding tert-OH is 2. The van der Waals surface area contributed by atoms with Crippen LogP contribution in [0.1, 0.15) is 200 Å². The summed E-state index contributed by atoms with van der Waals surface area (Å²) in [4.78, 5) is 55.6. The monoisotopic (exact) mass is 829 g/mol. The summed E-state index contributed by atoms with van der Waals surface area (Å²) >= 11 is 0. The van der Waals surface area contributed by atoms with E-state index in [-0.39, 0.29) is 37.6 Å². The smallest absolute Gasteiger partial charge is 0.462 e. The molecule has 332 valence electrons. The van der Waals surface area contributed by atoms with Crippen LogP contribution < -0.4 is 0 Å². The lowest BCUT2D eigenvalue weighted by molar-refractivity contribution is -0.161. The third-order valence-electron chi connectivity index (χ3n) is 10.8. The van der Waals surface area contributed by atoms with E-state index < -0.39 is 50.6 Å². The molecule has 4 N–H and O–H groups in total. The number of phosphoric ester groups is 1. The number of ketones is 1. The van der Waals surface area contributed by atoms with Crippen LogP contribution in [0.4, 0.5) is 0 Å². The lowest BCUT2D eigenvalue weighted by Crippen LogP contribution is -2.29. The van der Waals surface area contributed by atoms with Gasteiger partial charge >= 0.3 is 19.8 Å². The van der Waals surface area contributed by atoms with Crippen molar-refractivity contribution in [3.8, 4) is 0 Å². The van der Waals surface area contributed by atoms with Crippen molar-refractivity contribution >= 4 is 25.5 Å². The van der Waals surface area contributed by atoms with E-state index in [0.717, 1.165) is 38.5 Å². The van der Waals surface area contributed by atoms with Gasteiger partial charge in [-0.1, -0.05) is 173 Å². The lowest BCUT2D eigenvalue weighted by Gasteiger charge is -2.18. The summed E-state index contributed by atoms with van der Waals surface area (Å²) in [6, 6.07) is 0. The van der Waals surface area contributed by atoms with Crippen LogP contribution >= 0.6 is 7.82 Å². The van der Waals surface area contributed by atoms with Crippen LogP contribution in [0.2, 0.25) is 0 Å². The predicted molar refractivity (Wildman–Crippen MR) is 226 cm³/mol. The highest BCUT2D eigenvalue weighted by atomic mass is 31.2. The molecule has 57 heavy (non-hydrogen) atoms. The van der Waals surface area contributed by atoms with E-state index in [1.54, 1.807) is 12.2 Å². The van der Waals surface area contributed by atoms with Crippen LogP contribution in [0.15, 0.2) is 24.3 Å². The minimum absolute atomic E-state index is 0.0237. The largest absolute Gasteiger partial charge is 0.469 e. The molecule has 1 saturated carbocycles. The molecule has 5 atom stereocenters. The summed E-state index contributed by atoms with van der Waals surface area (Å²) in [5, 5.41) is 20.7. The molecule has 1 rings (SSSR count). The fraction of sp³-hybridized carbons (Fsp3) is 0.844. The molecule has 0 bridgehead atoms. The maximum Gasteiger partial charge on any atom is 0.469 e. The van der Waals surface area contributed by atoms with E-state index in [1.807, 2.05) is 12.2 Å². The lowest BCUT2D eigenvalue weighted by atomic mass is 9.90. The SMILES string of the molecule is CCCCCCCCCCCCCCCCCCCCCC(=O)OC[C@H](COP(=O)(O)O)OC(=O)CCC/C=C\C[C@H]1[C@@H](O)CC(=O)[C@@H]1/C=C/[C@@H](O)CCCCC. The Kier molecular flexibility index (Phi) is 32.6. The maximum atomic E-state index is 12.5. The molecule has 0 spiro atoms. The Labute approximate surface area is 345 Å². The molecule has 0 saturated heterocycles. The van der Waals surface area contributed by atoms with Crippen molar-refractivity contribution in [2.75, 3.05) is 13.2 Å². The molecule has 1 fully saturated rings. The molecular formula is C45H81O11P. The first-order chi connectivity index (χ1) is 27.5. The van der Waals surface area contributed by atoms with Gasteiger partial charge in [-0.15, -0.1) is 0 Å². The van der Waals surface area contributed by atoms with Crippen LogP contribution in [-0.4, -0.2) is 69.2 Å². The van der Waals surface area contributed by atoms with Gasteiger partial charge in [0.05, 0.1) is 18.8 Å². The molecule has 0 aromatic rings.